The molecular weight excluding hydrogens is 363 g/mol. The van der Waals surface area contributed by atoms with Gasteiger partial charge in [-0.05, 0) is 46.7 Å². The molecule has 0 spiro atoms. The third kappa shape index (κ3) is 2.83. The normalized spacial score (nSPS) is 11.1. The number of nitrogens with zero attached hydrogens (tertiary/aromatic N) is 2. The van der Waals surface area contributed by atoms with Gasteiger partial charge in [0.1, 0.15) is 5.82 Å². The Labute approximate surface area is 123 Å². The number of aromatic nitrogens is 2. The Morgan fingerprint density at radius 2 is 1.84 bits per heavy atom. The van der Waals surface area contributed by atoms with E-state index in [0.29, 0.717) is 17.2 Å². The molecule has 2 rings (SSSR count). The molecule has 6 heteroatoms. The Hall–Kier alpha value is -1.31. The maximum atomic E-state index is 13.2. The molecule has 1 aromatic heterocycles. The molecule has 0 amide bonds. The van der Waals surface area contributed by atoms with Gasteiger partial charge >= 0.3 is 0 Å². The van der Waals surface area contributed by atoms with Crippen LogP contribution in [0.3, 0.4) is 0 Å². The number of halogens is 3. The standard InChI is InChI=1S/C13H12F2IN3/c1-6(2)11-10(16)12(17)19-13(18-11)7-3-4-8(14)9(15)5-7/h3-6H,1-2H3,(H2,17,18,19). The number of rotatable bonds is 2. The second-order valence-corrected chi connectivity index (χ2v) is 5.49. The summed E-state index contributed by atoms with van der Waals surface area (Å²) >= 11 is 2.08. The quantitative estimate of drug-likeness (QED) is 0.814. The van der Waals surface area contributed by atoms with Gasteiger partial charge in [-0.2, -0.15) is 0 Å². The average molecular weight is 375 g/mol. The van der Waals surface area contributed by atoms with Crippen LogP contribution in [0.5, 0.6) is 0 Å². The largest absolute Gasteiger partial charge is 0.383 e. The minimum atomic E-state index is -0.927. The van der Waals surface area contributed by atoms with E-state index in [0.717, 1.165) is 21.4 Å². The highest BCUT2D eigenvalue weighted by atomic mass is 127. The first-order valence-corrected chi connectivity index (χ1v) is 6.76. The lowest BCUT2D eigenvalue weighted by atomic mass is 10.1. The number of hydrogen-bond donors (Lipinski definition) is 1. The van der Waals surface area contributed by atoms with E-state index in [1.807, 2.05) is 13.8 Å². The molecule has 0 aliphatic rings. The van der Waals surface area contributed by atoms with Gasteiger partial charge in [-0.25, -0.2) is 18.7 Å². The first kappa shape index (κ1) is 14.1. The zero-order valence-electron chi connectivity index (χ0n) is 10.4. The van der Waals surface area contributed by atoms with Crippen molar-refractivity contribution in [3.05, 3.63) is 39.1 Å². The van der Waals surface area contributed by atoms with Crippen LogP contribution >= 0.6 is 22.6 Å². The molecule has 0 saturated heterocycles. The molecule has 3 nitrogen and oxygen atoms in total. The molecule has 0 aliphatic carbocycles. The zero-order chi connectivity index (χ0) is 14.2. The second kappa shape index (κ2) is 5.36. The van der Waals surface area contributed by atoms with Crippen molar-refractivity contribution in [1.29, 1.82) is 0 Å². The van der Waals surface area contributed by atoms with Gasteiger partial charge < -0.3 is 5.73 Å². The van der Waals surface area contributed by atoms with E-state index >= 15 is 0 Å². The van der Waals surface area contributed by atoms with Crippen LogP contribution in [0.15, 0.2) is 18.2 Å². The van der Waals surface area contributed by atoms with Crippen molar-refractivity contribution < 1.29 is 8.78 Å². The van der Waals surface area contributed by atoms with Crippen LogP contribution in [0.2, 0.25) is 0 Å². The van der Waals surface area contributed by atoms with Crippen molar-refractivity contribution in [1.82, 2.24) is 9.97 Å². The number of nitrogens with two attached hydrogens (primary N) is 1. The molecule has 0 bridgehead atoms. The zero-order valence-corrected chi connectivity index (χ0v) is 12.6. The number of benzene rings is 1. The maximum Gasteiger partial charge on any atom is 0.161 e. The number of anilines is 1. The van der Waals surface area contributed by atoms with E-state index in [4.69, 9.17) is 5.73 Å². The Balaban J connectivity index is 2.59. The molecule has 0 aliphatic heterocycles. The fourth-order valence-corrected chi connectivity index (χ4v) is 2.49. The summed E-state index contributed by atoms with van der Waals surface area (Å²) in [5, 5.41) is 0. The lowest BCUT2D eigenvalue weighted by Gasteiger charge is -2.11. The van der Waals surface area contributed by atoms with E-state index < -0.39 is 11.6 Å². The van der Waals surface area contributed by atoms with E-state index in [-0.39, 0.29) is 5.92 Å². The molecule has 1 aromatic carbocycles. The molecule has 0 unspecified atom stereocenters. The first-order chi connectivity index (χ1) is 8.90. The molecule has 0 atom stereocenters. The Morgan fingerprint density at radius 1 is 1.16 bits per heavy atom. The van der Waals surface area contributed by atoms with Crippen molar-refractivity contribution in [3.63, 3.8) is 0 Å². The SMILES string of the molecule is CC(C)c1nc(-c2ccc(F)c(F)c2)nc(N)c1I. The molecule has 2 N–H and O–H groups in total. The van der Waals surface area contributed by atoms with Crippen molar-refractivity contribution >= 4 is 28.4 Å². The lowest BCUT2D eigenvalue weighted by molar-refractivity contribution is 0.509. The monoisotopic (exact) mass is 375 g/mol. The summed E-state index contributed by atoms with van der Waals surface area (Å²) < 4.78 is 27.0. The van der Waals surface area contributed by atoms with Gasteiger partial charge in [-0.1, -0.05) is 13.8 Å². The van der Waals surface area contributed by atoms with Crippen LogP contribution in [0.1, 0.15) is 25.5 Å². The first-order valence-electron chi connectivity index (χ1n) is 5.68. The molecular formula is C13H12F2IN3. The predicted molar refractivity (Wildman–Crippen MR) is 78.6 cm³/mol. The van der Waals surface area contributed by atoms with Crippen LogP contribution in [0.25, 0.3) is 11.4 Å². The fraction of sp³-hybridized carbons (Fsp3) is 0.231. The van der Waals surface area contributed by atoms with Gasteiger partial charge in [-0.3, -0.25) is 0 Å². The van der Waals surface area contributed by atoms with Gasteiger partial charge in [-0.15, -0.1) is 0 Å². The van der Waals surface area contributed by atoms with Gasteiger partial charge in [0.2, 0.25) is 0 Å². The Bertz CT molecular complexity index is 630. The van der Waals surface area contributed by atoms with Crippen LogP contribution in [0.4, 0.5) is 14.6 Å². The van der Waals surface area contributed by atoms with Crippen molar-refractivity contribution in [3.8, 4) is 11.4 Å². The Kier molecular flexibility index (Phi) is 3.98. The second-order valence-electron chi connectivity index (χ2n) is 4.42. The molecule has 19 heavy (non-hydrogen) atoms. The molecule has 100 valence electrons. The predicted octanol–water partition coefficient (Wildman–Crippen LogP) is 3.73. The summed E-state index contributed by atoms with van der Waals surface area (Å²) in [6.45, 7) is 3.97. The Morgan fingerprint density at radius 3 is 2.42 bits per heavy atom. The van der Waals surface area contributed by atoms with E-state index in [1.165, 1.54) is 6.07 Å². The summed E-state index contributed by atoms with van der Waals surface area (Å²) in [7, 11) is 0. The van der Waals surface area contributed by atoms with E-state index in [9.17, 15) is 8.78 Å². The molecule has 0 fully saturated rings. The lowest BCUT2D eigenvalue weighted by Crippen LogP contribution is -2.06. The third-order valence-corrected chi connectivity index (χ3v) is 3.73. The highest BCUT2D eigenvalue weighted by molar-refractivity contribution is 14.1. The van der Waals surface area contributed by atoms with Crippen LogP contribution in [0, 0.1) is 15.2 Å². The third-order valence-electron chi connectivity index (χ3n) is 2.63. The van der Waals surface area contributed by atoms with E-state index in [2.05, 4.69) is 32.6 Å². The average Bonchev–Trinajstić information content (AvgIpc) is 2.35. The maximum absolute atomic E-state index is 13.2. The van der Waals surface area contributed by atoms with Crippen LogP contribution < -0.4 is 5.73 Å². The molecule has 2 aromatic rings. The summed E-state index contributed by atoms with van der Waals surface area (Å²) in [6.07, 6.45) is 0. The number of nitrogen functional groups attached to an aromatic ring is 1. The van der Waals surface area contributed by atoms with Gasteiger partial charge in [0, 0.05) is 5.56 Å². The van der Waals surface area contributed by atoms with Crippen molar-refractivity contribution in [2.75, 3.05) is 5.73 Å². The fourth-order valence-electron chi connectivity index (χ4n) is 1.63. The minimum absolute atomic E-state index is 0.168. The minimum Gasteiger partial charge on any atom is -0.383 e. The smallest absolute Gasteiger partial charge is 0.161 e. The summed E-state index contributed by atoms with van der Waals surface area (Å²) in [5.74, 6) is -1.00. The molecule has 0 radical (unpaired) electrons. The van der Waals surface area contributed by atoms with Crippen molar-refractivity contribution in [2.45, 2.75) is 19.8 Å². The summed E-state index contributed by atoms with van der Waals surface area (Å²) in [4.78, 5) is 8.51. The van der Waals surface area contributed by atoms with Gasteiger partial charge in [0.25, 0.3) is 0 Å². The number of hydrogen-bond acceptors (Lipinski definition) is 3. The molecule has 0 saturated carbocycles. The van der Waals surface area contributed by atoms with Crippen LogP contribution in [-0.2, 0) is 0 Å². The van der Waals surface area contributed by atoms with Gasteiger partial charge in [0.15, 0.2) is 17.5 Å². The van der Waals surface area contributed by atoms with Gasteiger partial charge in [0.05, 0.1) is 9.26 Å². The van der Waals surface area contributed by atoms with Crippen molar-refractivity contribution in [2.24, 2.45) is 0 Å². The van der Waals surface area contributed by atoms with Crippen LogP contribution in [-0.4, -0.2) is 9.97 Å². The molecule has 1 heterocycles. The highest BCUT2D eigenvalue weighted by Crippen LogP contribution is 2.27. The summed E-state index contributed by atoms with van der Waals surface area (Å²) in [6, 6.07) is 3.56. The van der Waals surface area contributed by atoms with E-state index in [1.54, 1.807) is 0 Å². The highest BCUT2D eigenvalue weighted by Gasteiger charge is 2.15. The topological polar surface area (TPSA) is 51.8 Å². The summed E-state index contributed by atoms with van der Waals surface area (Å²) in [5.41, 5.74) is 7.04.